The first-order chi connectivity index (χ1) is 7.13. The van der Waals surface area contributed by atoms with Gasteiger partial charge < -0.3 is 15.8 Å². The quantitative estimate of drug-likeness (QED) is 0.741. The number of halogens is 1. The molecule has 4 nitrogen and oxygen atoms in total. The van der Waals surface area contributed by atoms with E-state index < -0.39 is 5.82 Å². The smallest absolute Gasteiger partial charge is 0.250 e. The zero-order chi connectivity index (χ0) is 11.3. The highest BCUT2D eigenvalue weighted by Crippen LogP contribution is 2.15. The minimum absolute atomic E-state index is 0.00390. The number of amides is 1. The van der Waals surface area contributed by atoms with E-state index in [0.717, 1.165) is 0 Å². The summed E-state index contributed by atoms with van der Waals surface area (Å²) >= 11 is 0. The third-order valence-electron chi connectivity index (χ3n) is 1.72. The number of hydrogen-bond acceptors (Lipinski definition) is 3. The van der Waals surface area contributed by atoms with Crippen LogP contribution in [-0.2, 0) is 9.53 Å². The van der Waals surface area contributed by atoms with Crippen LogP contribution in [0, 0.1) is 5.82 Å². The number of anilines is 2. The predicted octanol–water partition coefficient (Wildman–Crippen LogP) is 1.38. The topological polar surface area (TPSA) is 64.3 Å². The molecular weight excluding hydrogens is 199 g/mol. The third kappa shape index (κ3) is 3.55. The van der Waals surface area contributed by atoms with E-state index in [-0.39, 0.29) is 18.2 Å². The Morgan fingerprint density at radius 3 is 2.93 bits per heavy atom. The second kappa shape index (κ2) is 5.31. The molecule has 0 saturated carbocycles. The molecule has 0 fully saturated rings. The van der Waals surface area contributed by atoms with E-state index in [1.54, 1.807) is 6.92 Å². The zero-order valence-electron chi connectivity index (χ0n) is 8.42. The second-order valence-corrected chi connectivity index (χ2v) is 2.92. The number of nitrogen functional groups attached to an aromatic ring is 1. The number of benzene rings is 1. The Bertz CT molecular complexity index is 355. The molecule has 0 unspecified atom stereocenters. The van der Waals surface area contributed by atoms with E-state index in [1.165, 1.54) is 18.2 Å². The molecule has 15 heavy (non-hydrogen) atoms. The molecule has 0 aliphatic carbocycles. The van der Waals surface area contributed by atoms with Crippen molar-refractivity contribution in [1.29, 1.82) is 0 Å². The van der Waals surface area contributed by atoms with Crippen LogP contribution in [-0.4, -0.2) is 19.1 Å². The molecule has 0 aromatic heterocycles. The predicted molar refractivity (Wildman–Crippen MR) is 55.9 cm³/mol. The van der Waals surface area contributed by atoms with Crippen molar-refractivity contribution in [1.82, 2.24) is 0 Å². The van der Waals surface area contributed by atoms with Crippen molar-refractivity contribution >= 4 is 17.3 Å². The van der Waals surface area contributed by atoms with E-state index in [9.17, 15) is 9.18 Å². The number of ether oxygens (including phenoxy) is 1. The van der Waals surface area contributed by atoms with Gasteiger partial charge in [0.1, 0.15) is 12.4 Å². The van der Waals surface area contributed by atoms with Gasteiger partial charge in [0.05, 0.1) is 5.69 Å². The van der Waals surface area contributed by atoms with Gasteiger partial charge in [-0.1, -0.05) is 0 Å². The number of carbonyl (C=O) groups excluding carboxylic acids is 1. The van der Waals surface area contributed by atoms with Gasteiger partial charge in [0.25, 0.3) is 0 Å². The van der Waals surface area contributed by atoms with Gasteiger partial charge in [-0.3, -0.25) is 4.79 Å². The number of nitrogens with two attached hydrogens (primary N) is 1. The zero-order valence-corrected chi connectivity index (χ0v) is 8.42. The molecule has 0 heterocycles. The summed E-state index contributed by atoms with van der Waals surface area (Å²) in [5.74, 6) is -0.791. The van der Waals surface area contributed by atoms with Crippen molar-refractivity contribution in [3.05, 3.63) is 24.0 Å². The molecule has 82 valence electrons. The number of nitrogens with one attached hydrogen (secondary N) is 1. The summed E-state index contributed by atoms with van der Waals surface area (Å²) in [6.45, 7) is 2.25. The van der Waals surface area contributed by atoms with Crippen LogP contribution in [0.1, 0.15) is 6.92 Å². The maximum Gasteiger partial charge on any atom is 0.250 e. The van der Waals surface area contributed by atoms with Gasteiger partial charge in [0, 0.05) is 12.3 Å². The van der Waals surface area contributed by atoms with Gasteiger partial charge in [-0.25, -0.2) is 4.39 Å². The first-order valence-electron chi connectivity index (χ1n) is 4.56. The van der Waals surface area contributed by atoms with Crippen molar-refractivity contribution < 1.29 is 13.9 Å². The minimum Gasteiger partial charge on any atom is -0.396 e. The Morgan fingerprint density at radius 1 is 1.60 bits per heavy atom. The van der Waals surface area contributed by atoms with Crippen LogP contribution in [0.15, 0.2) is 18.2 Å². The number of rotatable bonds is 4. The first kappa shape index (κ1) is 11.5. The SMILES string of the molecule is CCOCC(=O)Nc1ccc(F)c(N)c1. The summed E-state index contributed by atoms with van der Waals surface area (Å²) in [6, 6.07) is 4.00. The molecule has 1 aromatic rings. The molecule has 0 atom stereocenters. The Hall–Kier alpha value is -1.62. The highest BCUT2D eigenvalue weighted by molar-refractivity contribution is 5.92. The van der Waals surface area contributed by atoms with Crippen LogP contribution in [0.5, 0.6) is 0 Å². The fourth-order valence-electron chi connectivity index (χ4n) is 1.01. The Labute approximate surface area is 87.2 Å². The lowest BCUT2D eigenvalue weighted by Crippen LogP contribution is -2.18. The van der Waals surface area contributed by atoms with E-state index in [2.05, 4.69) is 5.32 Å². The standard InChI is InChI=1S/C10H13FN2O2/c1-2-15-6-10(14)13-7-3-4-8(11)9(12)5-7/h3-5H,2,6,12H2,1H3,(H,13,14). The van der Waals surface area contributed by atoms with Crippen LogP contribution >= 0.6 is 0 Å². The van der Waals surface area contributed by atoms with E-state index in [4.69, 9.17) is 10.5 Å². The van der Waals surface area contributed by atoms with Crippen molar-refractivity contribution in [2.75, 3.05) is 24.3 Å². The van der Waals surface area contributed by atoms with Crippen LogP contribution in [0.25, 0.3) is 0 Å². The largest absolute Gasteiger partial charge is 0.396 e. The van der Waals surface area contributed by atoms with Crippen LogP contribution in [0.2, 0.25) is 0 Å². The molecule has 0 spiro atoms. The molecule has 0 aliphatic heterocycles. The Balaban J connectivity index is 2.57. The van der Waals surface area contributed by atoms with Crippen molar-refractivity contribution in [3.8, 4) is 0 Å². The summed E-state index contributed by atoms with van der Waals surface area (Å²) < 4.78 is 17.7. The summed E-state index contributed by atoms with van der Waals surface area (Å²) in [5, 5.41) is 2.53. The molecule has 5 heteroatoms. The Morgan fingerprint density at radius 2 is 2.33 bits per heavy atom. The van der Waals surface area contributed by atoms with Gasteiger partial charge in [-0.15, -0.1) is 0 Å². The molecule has 1 amide bonds. The average molecular weight is 212 g/mol. The van der Waals surface area contributed by atoms with Crippen molar-refractivity contribution in [2.45, 2.75) is 6.92 Å². The van der Waals surface area contributed by atoms with E-state index >= 15 is 0 Å². The van der Waals surface area contributed by atoms with E-state index in [0.29, 0.717) is 12.3 Å². The molecule has 0 radical (unpaired) electrons. The second-order valence-electron chi connectivity index (χ2n) is 2.92. The van der Waals surface area contributed by atoms with Gasteiger partial charge in [-0.05, 0) is 25.1 Å². The van der Waals surface area contributed by atoms with Gasteiger partial charge >= 0.3 is 0 Å². The molecule has 3 N–H and O–H groups in total. The minimum atomic E-state index is -0.502. The van der Waals surface area contributed by atoms with Crippen molar-refractivity contribution in [2.24, 2.45) is 0 Å². The summed E-state index contributed by atoms with van der Waals surface area (Å²) in [6.07, 6.45) is 0. The number of carbonyl (C=O) groups is 1. The van der Waals surface area contributed by atoms with Crippen LogP contribution in [0.4, 0.5) is 15.8 Å². The fourth-order valence-corrected chi connectivity index (χ4v) is 1.01. The molecular formula is C10H13FN2O2. The molecule has 0 bridgehead atoms. The maximum atomic E-state index is 12.8. The average Bonchev–Trinajstić information content (AvgIpc) is 2.20. The lowest BCUT2D eigenvalue weighted by molar-refractivity contribution is -0.120. The lowest BCUT2D eigenvalue weighted by atomic mass is 10.2. The summed E-state index contributed by atoms with van der Waals surface area (Å²) in [7, 11) is 0. The normalized spacial score (nSPS) is 10.0. The summed E-state index contributed by atoms with van der Waals surface area (Å²) in [5.41, 5.74) is 5.80. The Kier molecular flexibility index (Phi) is 4.05. The van der Waals surface area contributed by atoms with E-state index in [1.807, 2.05) is 0 Å². The van der Waals surface area contributed by atoms with Crippen LogP contribution in [0.3, 0.4) is 0 Å². The maximum absolute atomic E-state index is 12.8. The molecule has 0 saturated heterocycles. The summed E-state index contributed by atoms with van der Waals surface area (Å²) in [4.78, 5) is 11.2. The lowest BCUT2D eigenvalue weighted by Gasteiger charge is -2.06. The first-order valence-corrected chi connectivity index (χ1v) is 4.56. The fraction of sp³-hybridized carbons (Fsp3) is 0.300. The van der Waals surface area contributed by atoms with Gasteiger partial charge in [0.2, 0.25) is 5.91 Å². The van der Waals surface area contributed by atoms with Gasteiger partial charge in [0.15, 0.2) is 0 Å². The molecule has 1 rings (SSSR count). The molecule has 0 aliphatic rings. The van der Waals surface area contributed by atoms with Gasteiger partial charge in [-0.2, -0.15) is 0 Å². The monoisotopic (exact) mass is 212 g/mol. The number of hydrogen-bond donors (Lipinski definition) is 2. The molecule has 1 aromatic carbocycles. The highest BCUT2D eigenvalue weighted by atomic mass is 19.1. The van der Waals surface area contributed by atoms with Crippen molar-refractivity contribution in [3.63, 3.8) is 0 Å². The highest BCUT2D eigenvalue weighted by Gasteiger charge is 2.04. The van der Waals surface area contributed by atoms with Crippen LogP contribution < -0.4 is 11.1 Å². The third-order valence-corrected chi connectivity index (χ3v) is 1.72.